The Morgan fingerprint density at radius 2 is 2.00 bits per heavy atom. The molecule has 136 valence electrons. The molecule has 2 aromatic carbocycles. The van der Waals surface area contributed by atoms with Crippen molar-refractivity contribution >= 4 is 28.6 Å². The zero-order valence-electron chi connectivity index (χ0n) is 15.6. The second-order valence-electron chi connectivity index (χ2n) is 6.46. The molecule has 5 heteroatoms. The zero-order chi connectivity index (χ0) is 19.4. The van der Waals surface area contributed by atoms with E-state index >= 15 is 0 Å². The molecule has 5 nitrogen and oxygen atoms in total. The zero-order valence-corrected chi connectivity index (χ0v) is 15.6. The number of nitrogens with one attached hydrogen (secondary N) is 1. The van der Waals surface area contributed by atoms with E-state index in [0.717, 1.165) is 16.5 Å². The number of aromatic nitrogens is 1. The smallest absolute Gasteiger partial charge is 0.266 e. The lowest BCUT2D eigenvalue weighted by molar-refractivity contribution is -0.112. The van der Waals surface area contributed by atoms with E-state index in [1.807, 2.05) is 36.5 Å². The van der Waals surface area contributed by atoms with Gasteiger partial charge < -0.3 is 14.6 Å². The summed E-state index contributed by atoms with van der Waals surface area (Å²) in [6.07, 6.45) is 3.61. The number of amides is 1. The summed E-state index contributed by atoms with van der Waals surface area (Å²) in [5, 5.41) is 13.3. The van der Waals surface area contributed by atoms with Crippen molar-refractivity contribution in [3.8, 4) is 11.8 Å². The van der Waals surface area contributed by atoms with E-state index in [-0.39, 0.29) is 11.6 Å². The summed E-state index contributed by atoms with van der Waals surface area (Å²) in [6, 6.07) is 17.3. The maximum absolute atomic E-state index is 12.6. The molecule has 0 aliphatic carbocycles. The van der Waals surface area contributed by atoms with Crippen LogP contribution in [-0.4, -0.2) is 17.6 Å². The highest BCUT2D eigenvalue weighted by Gasteiger charge is 2.14. The standard InChI is InChI=1S/C22H21N3O2/c1-15(2)25-14-17(20-9-4-5-10-21(20)25)11-16(13-23)22(26)24-18-7-6-8-19(12-18)27-3/h4-12,14-15H,1-3H3,(H,24,26)/b16-11+. The monoisotopic (exact) mass is 359 g/mol. The highest BCUT2D eigenvalue weighted by Crippen LogP contribution is 2.26. The highest BCUT2D eigenvalue weighted by atomic mass is 16.5. The fraction of sp³-hybridized carbons (Fsp3) is 0.182. The highest BCUT2D eigenvalue weighted by molar-refractivity contribution is 6.10. The van der Waals surface area contributed by atoms with Gasteiger partial charge in [-0.05, 0) is 38.1 Å². The Morgan fingerprint density at radius 3 is 2.70 bits per heavy atom. The van der Waals surface area contributed by atoms with Crippen LogP contribution in [0.2, 0.25) is 0 Å². The molecule has 1 N–H and O–H groups in total. The lowest BCUT2D eigenvalue weighted by Crippen LogP contribution is -2.13. The Bertz CT molecular complexity index is 1050. The van der Waals surface area contributed by atoms with Gasteiger partial charge in [-0.2, -0.15) is 5.26 Å². The van der Waals surface area contributed by atoms with Crippen molar-refractivity contribution in [1.82, 2.24) is 4.57 Å². The number of carbonyl (C=O) groups excluding carboxylic acids is 1. The van der Waals surface area contributed by atoms with Crippen LogP contribution in [0.15, 0.2) is 60.3 Å². The Labute approximate surface area is 158 Å². The molecule has 0 fully saturated rings. The number of hydrogen-bond acceptors (Lipinski definition) is 3. The van der Waals surface area contributed by atoms with Crippen LogP contribution in [0.4, 0.5) is 5.69 Å². The van der Waals surface area contributed by atoms with Crippen LogP contribution in [0, 0.1) is 11.3 Å². The molecule has 3 rings (SSSR count). The van der Waals surface area contributed by atoms with Gasteiger partial charge >= 0.3 is 0 Å². The van der Waals surface area contributed by atoms with Gasteiger partial charge in [-0.25, -0.2) is 0 Å². The van der Waals surface area contributed by atoms with E-state index in [1.54, 1.807) is 37.5 Å². The van der Waals surface area contributed by atoms with Crippen molar-refractivity contribution in [2.24, 2.45) is 0 Å². The van der Waals surface area contributed by atoms with Gasteiger partial charge in [0.25, 0.3) is 5.91 Å². The summed E-state index contributed by atoms with van der Waals surface area (Å²) < 4.78 is 7.29. The summed E-state index contributed by atoms with van der Waals surface area (Å²) in [6.45, 7) is 4.20. The molecule has 0 aliphatic heterocycles. The number of anilines is 1. The van der Waals surface area contributed by atoms with Gasteiger partial charge in [0, 0.05) is 40.5 Å². The molecule has 3 aromatic rings. The van der Waals surface area contributed by atoms with E-state index < -0.39 is 5.91 Å². The first-order valence-corrected chi connectivity index (χ1v) is 8.70. The Morgan fingerprint density at radius 1 is 1.22 bits per heavy atom. The van der Waals surface area contributed by atoms with Crippen LogP contribution in [0.3, 0.4) is 0 Å². The lowest BCUT2D eigenvalue weighted by atomic mass is 10.1. The largest absolute Gasteiger partial charge is 0.497 e. The summed E-state index contributed by atoms with van der Waals surface area (Å²) in [4.78, 5) is 12.6. The number of nitriles is 1. The average Bonchev–Trinajstić information content (AvgIpc) is 3.05. The predicted octanol–water partition coefficient (Wildman–Crippen LogP) is 4.78. The van der Waals surface area contributed by atoms with Gasteiger partial charge in [-0.15, -0.1) is 0 Å². The molecule has 0 saturated heterocycles. The number of nitrogens with zero attached hydrogens (tertiary/aromatic N) is 2. The van der Waals surface area contributed by atoms with Crippen molar-refractivity contribution in [3.63, 3.8) is 0 Å². The van der Waals surface area contributed by atoms with E-state index in [1.165, 1.54) is 0 Å². The molecule has 0 unspecified atom stereocenters. The minimum absolute atomic E-state index is 0.0458. The van der Waals surface area contributed by atoms with Crippen molar-refractivity contribution < 1.29 is 9.53 Å². The maximum Gasteiger partial charge on any atom is 0.266 e. The van der Waals surface area contributed by atoms with Crippen LogP contribution < -0.4 is 10.1 Å². The summed E-state index contributed by atoms with van der Waals surface area (Å²) in [7, 11) is 1.56. The quantitative estimate of drug-likeness (QED) is 0.527. The van der Waals surface area contributed by atoms with Gasteiger partial charge in [0.15, 0.2) is 0 Å². The third-order valence-electron chi connectivity index (χ3n) is 4.32. The third-order valence-corrected chi connectivity index (χ3v) is 4.32. The molecule has 1 amide bonds. The van der Waals surface area contributed by atoms with Gasteiger partial charge in [0.2, 0.25) is 0 Å². The fourth-order valence-corrected chi connectivity index (χ4v) is 2.98. The minimum atomic E-state index is -0.452. The summed E-state index contributed by atoms with van der Waals surface area (Å²) >= 11 is 0. The Kier molecular flexibility index (Phi) is 5.28. The first-order chi connectivity index (χ1) is 13.0. The molecule has 0 radical (unpaired) electrons. The second kappa shape index (κ2) is 7.79. The molecular weight excluding hydrogens is 338 g/mol. The molecule has 1 heterocycles. The first kappa shape index (κ1) is 18.3. The molecule has 0 spiro atoms. The first-order valence-electron chi connectivity index (χ1n) is 8.70. The fourth-order valence-electron chi connectivity index (χ4n) is 2.98. The van der Waals surface area contributed by atoms with Crippen LogP contribution >= 0.6 is 0 Å². The molecule has 0 bridgehead atoms. The minimum Gasteiger partial charge on any atom is -0.497 e. The van der Waals surface area contributed by atoms with E-state index in [9.17, 15) is 10.1 Å². The van der Waals surface area contributed by atoms with Crippen molar-refractivity contribution in [2.45, 2.75) is 19.9 Å². The Balaban J connectivity index is 1.96. The number of para-hydroxylation sites is 1. The third kappa shape index (κ3) is 3.85. The number of rotatable bonds is 5. The molecule has 1 aromatic heterocycles. The predicted molar refractivity (Wildman–Crippen MR) is 108 cm³/mol. The van der Waals surface area contributed by atoms with Crippen LogP contribution in [0.5, 0.6) is 5.75 Å². The Hall–Kier alpha value is -3.52. The van der Waals surface area contributed by atoms with Crippen molar-refractivity contribution in [3.05, 3.63) is 65.9 Å². The number of carbonyl (C=O) groups is 1. The van der Waals surface area contributed by atoms with Crippen LogP contribution in [-0.2, 0) is 4.79 Å². The van der Waals surface area contributed by atoms with Crippen molar-refractivity contribution in [2.75, 3.05) is 12.4 Å². The van der Waals surface area contributed by atoms with E-state index in [0.29, 0.717) is 11.4 Å². The van der Waals surface area contributed by atoms with Gasteiger partial charge in [0.05, 0.1) is 7.11 Å². The van der Waals surface area contributed by atoms with E-state index in [4.69, 9.17) is 4.74 Å². The topological polar surface area (TPSA) is 67.0 Å². The SMILES string of the molecule is COc1cccc(NC(=O)/C(C#N)=C/c2cn(C(C)C)c3ccccc23)c1. The van der Waals surface area contributed by atoms with Gasteiger partial charge in [-0.1, -0.05) is 24.3 Å². The second-order valence-corrected chi connectivity index (χ2v) is 6.46. The van der Waals surface area contributed by atoms with Crippen molar-refractivity contribution in [1.29, 1.82) is 5.26 Å². The average molecular weight is 359 g/mol. The van der Waals surface area contributed by atoms with Gasteiger partial charge in [-0.3, -0.25) is 4.79 Å². The van der Waals surface area contributed by atoms with Gasteiger partial charge in [0.1, 0.15) is 17.4 Å². The molecule has 0 atom stereocenters. The number of fused-ring (bicyclic) bond motifs is 1. The summed E-state index contributed by atoms with van der Waals surface area (Å²) in [5.41, 5.74) is 2.54. The number of ether oxygens (including phenoxy) is 1. The molecule has 27 heavy (non-hydrogen) atoms. The lowest BCUT2D eigenvalue weighted by Gasteiger charge is -2.08. The molecule has 0 aliphatic rings. The van der Waals surface area contributed by atoms with E-state index in [2.05, 4.69) is 23.7 Å². The van der Waals surface area contributed by atoms with Crippen LogP contribution in [0.25, 0.3) is 17.0 Å². The number of hydrogen-bond donors (Lipinski definition) is 1. The molecule has 0 saturated carbocycles. The number of methoxy groups -OCH3 is 1. The van der Waals surface area contributed by atoms with Crippen LogP contribution in [0.1, 0.15) is 25.5 Å². The normalized spacial score (nSPS) is 11.4. The number of benzene rings is 2. The molecular formula is C22H21N3O2. The maximum atomic E-state index is 12.6. The summed E-state index contributed by atoms with van der Waals surface area (Å²) in [5.74, 6) is 0.183.